The topological polar surface area (TPSA) is 72.2 Å². The van der Waals surface area contributed by atoms with Crippen LogP contribution >= 0.6 is 11.6 Å². The summed E-state index contributed by atoms with van der Waals surface area (Å²) in [5.74, 6) is 0.683. The van der Waals surface area contributed by atoms with Gasteiger partial charge in [0.15, 0.2) is 0 Å². The average Bonchev–Trinajstić information content (AvgIpc) is 3.15. The largest absolute Gasteiger partial charge is 0.397 e. The molecule has 1 aliphatic rings. The van der Waals surface area contributed by atoms with Crippen molar-refractivity contribution >= 4 is 27.3 Å². The SMILES string of the molecule is CCC(CC1CC1)NS(=O)(=O)c1ccc(Cl)c(N)c1. The molecule has 0 heterocycles. The lowest BCUT2D eigenvalue weighted by Crippen LogP contribution is -2.34. The standard InChI is InChI=1S/C13H19ClN2O2S/c1-2-10(7-9-3-4-9)16-19(17,18)11-5-6-12(14)13(15)8-11/h5-6,8-10,16H,2-4,7,15H2,1H3. The van der Waals surface area contributed by atoms with Gasteiger partial charge in [-0.3, -0.25) is 0 Å². The Bertz CT molecular complexity index is 556. The molecule has 3 N–H and O–H groups in total. The van der Waals surface area contributed by atoms with Crippen LogP contribution in [0.1, 0.15) is 32.6 Å². The number of nitrogens with one attached hydrogen (secondary N) is 1. The molecule has 0 aliphatic heterocycles. The van der Waals surface area contributed by atoms with Gasteiger partial charge in [-0.05, 0) is 37.0 Å². The molecule has 1 aromatic rings. The maximum Gasteiger partial charge on any atom is 0.240 e. The molecule has 6 heteroatoms. The zero-order chi connectivity index (χ0) is 14.0. The van der Waals surface area contributed by atoms with Gasteiger partial charge in [0.25, 0.3) is 0 Å². The monoisotopic (exact) mass is 302 g/mol. The van der Waals surface area contributed by atoms with Crippen molar-refractivity contribution in [3.63, 3.8) is 0 Å². The molecule has 19 heavy (non-hydrogen) atoms. The fourth-order valence-electron chi connectivity index (χ4n) is 2.03. The minimum absolute atomic E-state index is 0.00518. The van der Waals surface area contributed by atoms with E-state index in [0.717, 1.165) is 12.8 Å². The van der Waals surface area contributed by atoms with Gasteiger partial charge in [0.2, 0.25) is 10.0 Å². The third-order valence-electron chi connectivity index (χ3n) is 3.41. The summed E-state index contributed by atoms with van der Waals surface area (Å²) >= 11 is 5.80. The van der Waals surface area contributed by atoms with Gasteiger partial charge in [-0.2, -0.15) is 0 Å². The molecule has 1 fully saturated rings. The lowest BCUT2D eigenvalue weighted by molar-refractivity contribution is 0.495. The number of halogens is 1. The van der Waals surface area contributed by atoms with Gasteiger partial charge in [0, 0.05) is 6.04 Å². The van der Waals surface area contributed by atoms with E-state index in [9.17, 15) is 8.42 Å². The predicted octanol–water partition coefficient (Wildman–Crippen LogP) is 2.78. The summed E-state index contributed by atoms with van der Waals surface area (Å²) in [5, 5.41) is 0.365. The predicted molar refractivity (Wildman–Crippen MR) is 77.6 cm³/mol. The van der Waals surface area contributed by atoms with Gasteiger partial charge in [-0.1, -0.05) is 31.4 Å². The number of nitrogens with two attached hydrogens (primary N) is 1. The highest BCUT2D eigenvalue weighted by molar-refractivity contribution is 7.89. The Morgan fingerprint density at radius 1 is 1.47 bits per heavy atom. The van der Waals surface area contributed by atoms with Gasteiger partial charge in [0.05, 0.1) is 15.6 Å². The first-order valence-corrected chi connectivity index (χ1v) is 8.36. The number of benzene rings is 1. The van der Waals surface area contributed by atoms with E-state index in [1.165, 1.54) is 31.0 Å². The summed E-state index contributed by atoms with van der Waals surface area (Å²) in [6, 6.07) is 4.38. The van der Waals surface area contributed by atoms with E-state index < -0.39 is 10.0 Å². The molecule has 1 atom stereocenters. The first-order chi connectivity index (χ1) is 8.92. The lowest BCUT2D eigenvalue weighted by Gasteiger charge is -2.17. The van der Waals surface area contributed by atoms with E-state index >= 15 is 0 Å². The van der Waals surface area contributed by atoms with Crippen molar-refractivity contribution in [1.29, 1.82) is 0 Å². The van der Waals surface area contributed by atoms with E-state index in [0.29, 0.717) is 10.9 Å². The Morgan fingerprint density at radius 2 is 2.16 bits per heavy atom. The van der Waals surface area contributed by atoms with Crippen molar-refractivity contribution in [3.05, 3.63) is 23.2 Å². The van der Waals surface area contributed by atoms with Crippen molar-refractivity contribution in [1.82, 2.24) is 4.72 Å². The summed E-state index contributed by atoms with van der Waals surface area (Å²) in [5.41, 5.74) is 5.92. The molecule has 0 aromatic heterocycles. The molecule has 0 bridgehead atoms. The van der Waals surface area contributed by atoms with Crippen molar-refractivity contribution in [2.75, 3.05) is 5.73 Å². The Labute approximate surface area is 119 Å². The number of nitrogen functional groups attached to an aromatic ring is 1. The number of anilines is 1. The van der Waals surface area contributed by atoms with Crippen molar-refractivity contribution in [2.24, 2.45) is 5.92 Å². The zero-order valence-electron chi connectivity index (χ0n) is 10.9. The highest BCUT2D eigenvalue weighted by atomic mass is 35.5. The first-order valence-electron chi connectivity index (χ1n) is 6.49. The van der Waals surface area contributed by atoms with Crippen LogP contribution in [0.25, 0.3) is 0 Å². The molecule has 106 valence electrons. The Hall–Kier alpha value is -0.780. The summed E-state index contributed by atoms with van der Waals surface area (Å²) < 4.78 is 27.3. The van der Waals surface area contributed by atoms with E-state index in [4.69, 9.17) is 17.3 Å². The maximum absolute atomic E-state index is 12.3. The van der Waals surface area contributed by atoms with Crippen LogP contribution in [0.3, 0.4) is 0 Å². The normalized spacial score (nSPS) is 17.4. The first kappa shape index (κ1) is 14.6. The molecule has 1 unspecified atom stereocenters. The Kier molecular flexibility index (Phi) is 4.38. The van der Waals surface area contributed by atoms with Crippen molar-refractivity contribution in [3.8, 4) is 0 Å². The summed E-state index contributed by atoms with van der Waals surface area (Å²) in [4.78, 5) is 0.170. The molecule has 0 amide bonds. The molecule has 1 saturated carbocycles. The van der Waals surface area contributed by atoms with Crippen LogP contribution < -0.4 is 10.5 Å². The summed E-state index contributed by atoms with van der Waals surface area (Å²) in [6.07, 6.45) is 4.13. The quantitative estimate of drug-likeness (QED) is 0.794. The third kappa shape index (κ3) is 3.84. The molecule has 1 aromatic carbocycles. The Balaban J connectivity index is 2.13. The van der Waals surface area contributed by atoms with E-state index in [2.05, 4.69) is 4.72 Å². The second kappa shape index (κ2) is 5.69. The second-order valence-electron chi connectivity index (χ2n) is 5.09. The fraction of sp³-hybridized carbons (Fsp3) is 0.538. The molecule has 0 spiro atoms. The average molecular weight is 303 g/mol. The fourth-order valence-corrected chi connectivity index (χ4v) is 3.52. The molecule has 0 radical (unpaired) electrons. The van der Waals surface area contributed by atoms with Gasteiger partial charge >= 0.3 is 0 Å². The van der Waals surface area contributed by atoms with E-state index in [1.807, 2.05) is 6.92 Å². The van der Waals surface area contributed by atoms with Crippen LogP contribution in [0.2, 0.25) is 5.02 Å². The summed E-state index contributed by atoms with van der Waals surface area (Å²) in [6.45, 7) is 1.99. The summed E-state index contributed by atoms with van der Waals surface area (Å²) in [7, 11) is -3.52. The number of sulfonamides is 1. The number of hydrogen-bond donors (Lipinski definition) is 2. The lowest BCUT2D eigenvalue weighted by atomic mass is 10.1. The van der Waals surface area contributed by atoms with Crippen LogP contribution in [0.5, 0.6) is 0 Å². The highest BCUT2D eigenvalue weighted by Gasteiger charge is 2.27. The number of rotatable bonds is 6. The molecule has 0 saturated heterocycles. The van der Waals surface area contributed by atoms with Crippen LogP contribution in [-0.2, 0) is 10.0 Å². The van der Waals surface area contributed by atoms with E-state index in [1.54, 1.807) is 0 Å². The second-order valence-corrected chi connectivity index (χ2v) is 7.21. The minimum atomic E-state index is -3.52. The highest BCUT2D eigenvalue weighted by Crippen LogP contribution is 2.34. The third-order valence-corrected chi connectivity index (χ3v) is 5.27. The molecule has 2 rings (SSSR count). The van der Waals surface area contributed by atoms with Gasteiger partial charge in [0.1, 0.15) is 0 Å². The molecular formula is C13H19ClN2O2S. The van der Waals surface area contributed by atoms with Crippen molar-refractivity contribution in [2.45, 2.75) is 43.5 Å². The van der Waals surface area contributed by atoms with Crippen LogP contribution in [0.4, 0.5) is 5.69 Å². The zero-order valence-corrected chi connectivity index (χ0v) is 12.5. The van der Waals surface area contributed by atoms with Gasteiger partial charge < -0.3 is 5.73 Å². The molecule has 1 aliphatic carbocycles. The Morgan fingerprint density at radius 3 is 2.68 bits per heavy atom. The molecule has 4 nitrogen and oxygen atoms in total. The maximum atomic E-state index is 12.3. The van der Waals surface area contributed by atoms with Crippen LogP contribution in [0.15, 0.2) is 23.1 Å². The van der Waals surface area contributed by atoms with Gasteiger partial charge in [-0.15, -0.1) is 0 Å². The molecular weight excluding hydrogens is 284 g/mol. The van der Waals surface area contributed by atoms with Crippen molar-refractivity contribution < 1.29 is 8.42 Å². The van der Waals surface area contributed by atoms with E-state index in [-0.39, 0.29) is 16.6 Å². The minimum Gasteiger partial charge on any atom is -0.397 e. The van der Waals surface area contributed by atoms with Crippen LogP contribution in [0, 0.1) is 5.92 Å². The number of hydrogen-bond acceptors (Lipinski definition) is 3. The van der Waals surface area contributed by atoms with Crippen LogP contribution in [-0.4, -0.2) is 14.5 Å². The van der Waals surface area contributed by atoms with Gasteiger partial charge in [-0.25, -0.2) is 13.1 Å². The smallest absolute Gasteiger partial charge is 0.240 e.